The van der Waals surface area contributed by atoms with Crippen LogP contribution in [0.5, 0.6) is 5.75 Å². The maximum absolute atomic E-state index is 13.4. The smallest absolute Gasteiger partial charge is 0.165 e. The van der Waals surface area contributed by atoms with Crippen molar-refractivity contribution in [2.75, 3.05) is 13.2 Å². The number of benzene rings is 1. The fourth-order valence-corrected chi connectivity index (χ4v) is 1.33. The molecule has 0 aliphatic carbocycles. The van der Waals surface area contributed by atoms with Gasteiger partial charge in [-0.3, -0.25) is 0 Å². The van der Waals surface area contributed by atoms with E-state index in [-0.39, 0.29) is 18.4 Å². The molecule has 0 aromatic heterocycles. The molecule has 0 bridgehead atoms. The van der Waals surface area contributed by atoms with Crippen LogP contribution in [0.4, 0.5) is 4.39 Å². The third kappa shape index (κ3) is 3.18. The Morgan fingerprint density at radius 2 is 2.27 bits per heavy atom. The standard InChI is InChI=1S/C11H16FNO2/c1-2-15-11-4-3-8(7-9(11)12)10(13)5-6-14/h3-4,7,10,14H,2,5-6,13H2,1H3. The minimum Gasteiger partial charge on any atom is -0.491 e. The van der Waals surface area contributed by atoms with Crippen LogP contribution in [0.2, 0.25) is 0 Å². The summed E-state index contributed by atoms with van der Waals surface area (Å²) in [6, 6.07) is 4.30. The summed E-state index contributed by atoms with van der Waals surface area (Å²) in [5.41, 5.74) is 6.40. The molecule has 3 N–H and O–H groups in total. The molecule has 84 valence electrons. The van der Waals surface area contributed by atoms with E-state index in [1.54, 1.807) is 19.1 Å². The van der Waals surface area contributed by atoms with E-state index in [0.717, 1.165) is 0 Å². The molecule has 0 aliphatic heterocycles. The van der Waals surface area contributed by atoms with Gasteiger partial charge < -0.3 is 15.6 Å². The molecule has 0 amide bonds. The lowest BCUT2D eigenvalue weighted by atomic mass is 10.0. The highest BCUT2D eigenvalue weighted by Gasteiger charge is 2.09. The average molecular weight is 213 g/mol. The van der Waals surface area contributed by atoms with Gasteiger partial charge in [-0.05, 0) is 31.0 Å². The molecule has 1 aromatic rings. The second-order valence-corrected chi connectivity index (χ2v) is 3.24. The van der Waals surface area contributed by atoms with E-state index < -0.39 is 5.82 Å². The van der Waals surface area contributed by atoms with Gasteiger partial charge in [0.1, 0.15) is 0 Å². The summed E-state index contributed by atoms with van der Waals surface area (Å²) in [6.45, 7) is 2.22. The van der Waals surface area contributed by atoms with E-state index in [1.807, 2.05) is 0 Å². The molecule has 1 unspecified atom stereocenters. The number of aliphatic hydroxyl groups excluding tert-OH is 1. The number of ether oxygens (including phenoxy) is 1. The number of nitrogens with two attached hydrogens (primary N) is 1. The van der Waals surface area contributed by atoms with Gasteiger partial charge in [0, 0.05) is 12.6 Å². The molecule has 0 aliphatic rings. The Balaban J connectivity index is 2.81. The summed E-state index contributed by atoms with van der Waals surface area (Å²) in [6.07, 6.45) is 0.424. The molecule has 0 saturated heterocycles. The first-order valence-corrected chi connectivity index (χ1v) is 4.97. The van der Waals surface area contributed by atoms with Gasteiger partial charge in [0.2, 0.25) is 0 Å². The predicted octanol–water partition coefficient (Wildman–Crippen LogP) is 1.61. The van der Waals surface area contributed by atoms with Crippen LogP contribution in [0.15, 0.2) is 18.2 Å². The van der Waals surface area contributed by atoms with Gasteiger partial charge >= 0.3 is 0 Å². The third-order valence-corrected chi connectivity index (χ3v) is 2.12. The van der Waals surface area contributed by atoms with Gasteiger partial charge in [0.05, 0.1) is 6.61 Å². The molecular weight excluding hydrogens is 197 g/mol. The summed E-state index contributed by atoms with van der Waals surface area (Å²) in [7, 11) is 0. The Labute approximate surface area is 88.7 Å². The van der Waals surface area contributed by atoms with Gasteiger partial charge in [-0.15, -0.1) is 0 Å². The van der Waals surface area contributed by atoms with E-state index in [0.29, 0.717) is 18.6 Å². The molecule has 0 heterocycles. The van der Waals surface area contributed by atoms with Crippen LogP contribution in [-0.4, -0.2) is 18.3 Å². The van der Waals surface area contributed by atoms with Crippen LogP contribution in [0.25, 0.3) is 0 Å². The molecule has 4 heteroatoms. The quantitative estimate of drug-likeness (QED) is 0.781. The van der Waals surface area contributed by atoms with Crippen LogP contribution in [0.3, 0.4) is 0 Å². The Hall–Kier alpha value is -1.13. The molecule has 0 radical (unpaired) electrons. The van der Waals surface area contributed by atoms with E-state index in [1.165, 1.54) is 6.07 Å². The highest BCUT2D eigenvalue weighted by Crippen LogP contribution is 2.22. The first-order valence-electron chi connectivity index (χ1n) is 4.97. The molecule has 0 spiro atoms. The minimum absolute atomic E-state index is 0.00397. The molecule has 1 aromatic carbocycles. The zero-order valence-corrected chi connectivity index (χ0v) is 8.74. The summed E-state index contributed by atoms with van der Waals surface area (Å²) in [4.78, 5) is 0. The highest BCUT2D eigenvalue weighted by molar-refractivity contribution is 5.30. The van der Waals surface area contributed by atoms with Crippen LogP contribution in [-0.2, 0) is 0 Å². The number of rotatable bonds is 5. The maximum Gasteiger partial charge on any atom is 0.165 e. The van der Waals surface area contributed by atoms with E-state index in [4.69, 9.17) is 15.6 Å². The first kappa shape index (κ1) is 11.9. The summed E-state index contributed by atoms with van der Waals surface area (Å²) >= 11 is 0. The monoisotopic (exact) mass is 213 g/mol. The van der Waals surface area contributed by atoms with Crippen molar-refractivity contribution in [2.24, 2.45) is 5.73 Å². The van der Waals surface area contributed by atoms with E-state index in [9.17, 15) is 4.39 Å². The van der Waals surface area contributed by atoms with Gasteiger partial charge in [-0.1, -0.05) is 6.07 Å². The number of hydrogen-bond donors (Lipinski definition) is 2. The Morgan fingerprint density at radius 1 is 1.53 bits per heavy atom. The van der Waals surface area contributed by atoms with Gasteiger partial charge in [0.15, 0.2) is 11.6 Å². The second-order valence-electron chi connectivity index (χ2n) is 3.24. The van der Waals surface area contributed by atoms with Gasteiger partial charge in [-0.25, -0.2) is 4.39 Å². The van der Waals surface area contributed by atoms with Crippen LogP contribution in [0, 0.1) is 5.82 Å². The lowest BCUT2D eigenvalue weighted by Gasteiger charge is -2.12. The van der Waals surface area contributed by atoms with Crippen LogP contribution >= 0.6 is 0 Å². The highest BCUT2D eigenvalue weighted by atomic mass is 19.1. The fraction of sp³-hybridized carbons (Fsp3) is 0.455. The topological polar surface area (TPSA) is 55.5 Å². The molecule has 3 nitrogen and oxygen atoms in total. The van der Waals surface area contributed by atoms with Crippen molar-refractivity contribution in [2.45, 2.75) is 19.4 Å². The predicted molar refractivity (Wildman–Crippen MR) is 56.2 cm³/mol. The Morgan fingerprint density at radius 3 is 2.80 bits per heavy atom. The van der Waals surface area contributed by atoms with Crippen molar-refractivity contribution >= 4 is 0 Å². The second kappa shape index (κ2) is 5.68. The SMILES string of the molecule is CCOc1ccc(C(N)CCO)cc1F. The third-order valence-electron chi connectivity index (χ3n) is 2.12. The number of hydrogen-bond acceptors (Lipinski definition) is 3. The van der Waals surface area contributed by atoms with Crippen molar-refractivity contribution in [3.8, 4) is 5.75 Å². The molecule has 1 rings (SSSR count). The molecular formula is C11H16FNO2. The Kier molecular flexibility index (Phi) is 4.52. The van der Waals surface area contributed by atoms with Crippen LogP contribution < -0.4 is 10.5 Å². The fourth-order valence-electron chi connectivity index (χ4n) is 1.33. The Bertz CT molecular complexity index is 317. The molecule has 0 saturated carbocycles. The zero-order valence-electron chi connectivity index (χ0n) is 8.74. The lowest BCUT2D eigenvalue weighted by Crippen LogP contribution is -2.12. The molecule has 15 heavy (non-hydrogen) atoms. The van der Waals surface area contributed by atoms with Crippen molar-refractivity contribution in [3.63, 3.8) is 0 Å². The normalized spacial score (nSPS) is 12.5. The largest absolute Gasteiger partial charge is 0.491 e. The number of halogens is 1. The van der Waals surface area contributed by atoms with Crippen molar-refractivity contribution in [3.05, 3.63) is 29.6 Å². The average Bonchev–Trinajstić information content (AvgIpc) is 2.21. The number of aliphatic hydroxyl groups is 1. The van der Waals surface area contributed by atoms with E-state index in [2.05, 4.69) is 0 Å². The zero-order chi connectivity index (χ0) is 11.3. The molecule has 1 atom stereocenters. The summed E-state index contributed by atoms with van der Waals surface area (Å²) in [5.74, 6) is -0.180. The van der Waals surface area contributed by atoms with Crippen molar-refractivity contribution in [1.29, 1.82) is 0 Å². The summed E-state index contributed by atoms with van der Waals surface area (Å²) < 4.78 is 18.5. The first-order chi connectivity index (χ1) is 7.19. The minimum atomic E-state index is -0.414. The molecule has 0 fully saturated rings. The van der Waals surface area contributed by atoms with Crippen LogP contribution in [0.1, 0.15) is 24.9 Å². The van der Waals surface area contributed by atoms with Gasteiger partial charge in [0.25, 0.3) is 0 Å². The van der Waals surface area contributed by atoms with E-state index >= 15 is 0 Å². The maximum atomic E-state index is 13.4. The van der Waals surface area contributed by atoms with Crippen molar-refractivity contribution < 1.29 is 14.2 Å². The van der Waals surface area contributed by atoms with Gasteiger partial charge in [-0.2, -0.15) is 0 Å². The summed E-state index contributed by atoms with van der Waals surface area (Å²) in [5, 5.41) is 8.71. The lowest BCUT2D eigenvalue weighted by molar-refractivity contribution is 0.276. The van der Waals surface area contributed by atoms with Crippen molar-refractivity contribution in [1.82, 2.24) is 0 Å².